The minimum absolute atomic E-state index is 0.0732. The second kappa shape index (κ2) is 8.20. The molecule has 2 saturated heterocycles. The van der Waals surface area contributed by atoms with Crippen LogP contribution in [0.2, 0.25) is 0 Å². The lowest BCUT2D eigenvalue weighted by Gasteiger charge is -2.38. The summed E-state index contributed by atoms with van der Waals surface area (Å²) in [4.78, 5) is 31.3. The molecule has 0 aromatic heterocycles. The summed E-state index contributed by atoms with van der Waals surface area (Å²) in [7, 11) is 1.66. The second-order valence-electron chi connectivity index (χ2n) is 6.99. The van der Waals surface area contributed by atoms with Crippen LogP contribution in [-0.4, -0.2) is 72.6 Å². The first-order valence-corrected chi connectivity index (χ1v) is 10.2. The van der Waals surface area contributed by atoms with Gasteiger partial charge in [0.1, 0.15) is 11.8 Å². The summed E-state index contributed by atoms with van der Waals surface area (Å²) in [6.07, 6.45) is 0. The van der Waals surface area contributed by atoms with Crippen molar-refractivity contribution in [1.82, 2.24) is 9.80 Å². The Labute approximate surface area is 159 Å². The van der Waals surface area contributed by atoms with Crippen molar-refractivity contribution in [3.05, 3.63) is 24.3 Å². The van der Waals surface area contributed by atoms with Crippen LogP contribution in [0.4, 0.5) is 5.69 Å². The van der Waals surface area contributed by atoms with Crippen molar-refractivity contribution in [2.24, 2.45) is 5.92 Å². The number of hydrogen-bond donors (Lipinski definition) is 0. The van der Waals surface area contributed by atoms with E-state index in [2.05, 4.69) is 4.90 Å². The Balaban J connectivity index is 1.58. The molecular weight excluding hydrogens is 350 g/mol. The predicted octanol–water partition coefficient (Wildman–Crippen LogP) is 1.90. The fourth-order valence-electron chi connectivity index (χ4n) is 3.38. The maximum atomic E-state index is 12.9. The molecule has 2 amide bonds. The highest BCUT2D eigenvalue weighted by atomic mass is 32.2. The summed E-state index contributed by atoms with van der Waals surface area (Å²) < 4.78 is 5.20. The molecule has 1 unspecified atom stereocenters. The Morgan fingerprint density at radius 3 is 2.35 bits per heavy atom. The van der Waals surface area contributed by atoms with Gasteiger partial charge in [-0.05, 0) is 24.3 Å². The summed E-state index contributed by atoms with van der Waals surface area (Å²) in [6, 6.07) is 7.71. The number of methoxy groups -OCH3 is 1. The van der Waals surface area contributed by atoms with Crippen LogP contribution in [0.15, 0.2) is 24.3 Å². The van der Waals surface area contributed by atoms with Crippen LogP contribution in [0.5, 0.6) is 5.75 Å². The fourth-order valence-corrected chi connectivity index (χ4v) is 4.54. The van der Waals surface area contributed by atoms with E-state index < -0.39 is 0 Å². The molecule has 2 aliphatic heterocycles. The maximum Gasteiger partial charge on any atom is 0.246 e. The average molecular weight is 378 g/mol. The van der Waals surface area contributed by atoms with Gasteiger partial charge in [-0.25, -0.2) is 0 Å². The van der Waals surface area contributed by atoms with Crippen molar-refractivity contribution < 1.29 is 14.3 Å². The second-order valence-corrected chi connectivity index (χ2v) is 7.99. The van der Waals surface area contributed by atoms with Gasteiger partial charge in [0.25, 0.3) is 0 Å². The SMILES string of the molecule is COc1ccc(N2CCN(C(=O)C3CSCN3C(=O)C(C)C)CC2)cc1. The minimum atomic E-state index is -0.303. The monoisotopic (exact) mass is 377 g/mol. The topological polar surface area (TPSA) is 53.1 Å². The molecule has 7 heteroatoms. The van der Waals surface area contributed by atoms with Gasteiger partial charge >= 0.3 is 0 Å². The highest BCUT2D eigenvalue weighted by molar-refractivity contribution is 7.99. The summed E-state index contributed by atoms with van der Waals surface area (Å²) in [5.74, 6) is 2.27. The van der Waals surface area contributed by atoms with Gasteiger partial charge in [0.2, 0.25) is 11.8 Å². The van der Waals surface area contributed by atoms with E-state index in [0.29, 0.717) is 24.7 Å². The number of piperazine rings is 1. The van der Waals surface area contributed by atoms with Crippen molar-refractivity contribution in [2.45, 2.75) is 19.9 Å². The van der Waals surface area contributed by atoms with Crippen molar-refractivity contribution in [3.63, 3.8) is 0 Å². The van der Waals surface area contributed by atoms with Gasteiger partial charge in [0.15, 0.2) is 0 Å². The Kier molecular flexibility index (Phi) is 5.96. The molecule has 0 spiro atoms. The van der Waals surface area contributed by atoms with E-state index in [1.165, 1.54) is 0 Å². The zero-order valence-electron chi connectivity index (χ0n) is 15.7. The molecule has 1 aromatic carbocycles. The van der Waals surface area contributed by atoms with E-state index in [1.807, 2.05) is 43.0 Å². The number of amides is 2. The molecule has 0 saturated carbocycles. The smallest absolute Gasteiger partial charge is 0.246 e. The van der Waals surface area contributed by atoms with Crippen LogP contribution in [0.25, 0.3) is 0 Å². The molecule has 0 N–H and O–H groups in total. The summed E-state index contributed by atoms with van der Waals surface area (Å²) in [6.45, 7) is 6.76. The van der Waals surface area contributed by atoms with Crippen LogP contribution in [0, 0.1) is 5.92 Å². The van der Waals surface area contributed by atoms with Crippen LogP contribution >= 0.6 is 11.8 Å². The number of carbonyl (C=O) groups excluding carboxylic acids is 2. The van der Waals surface area contributed by atoms with Gasteiger partial charge in [-0.2, -0.15) is 0 Å². The maximum absolute atomic E-state index is 12.9. The first kappa shape index (κ1) is 18.9. The van der Waals surface area contributed by atoms with E-state index in [-0.39, 0.29) is 23.8 Å². The lowest BCUT2D eigenvalue weighted by molar-refractivity contribution is -0.145. The first-order valence-electron chi connectivity index (χ1n) is 9.07. The fraction of sp³-hybridized carbons (Fsp3) is 0.579. The number of nitrogens with zero attached hydrogens (tertiary/aromatic N) is 3. The number of anilines is 1. The average Bonchev–Trinajstić information content (AvgIpc) is 3.16. The number of benzene rings is 1. The molecular formula is C19H27N3O3S. The van der Waals surface area contributed by atoms with Gasteiger partial charge in [0, 0.05) is 43.5 Å². The van der Waals surface area contributed by atoms with E-state index in [4.69, 9.17) is 4.74 Å². The number of carbonyl (C=O) groups is 2. The Bertz CT molecular complexity index is 642. The molecule has 0 aliphatic carbocycles. The number of thioether (sulfide) groups is 1. The van der Waals surface area contributed by atoms with Crippen LogP contribution in [0.1, 0.15) is 13.8 Å². The normalized spacial score (nSPS) is 20.6. The predicted molar refractivity (Wildman–Crippen MR) is 105 cm³/mol. The van der Waals surface area contributed by atoms with Gasteiger partial charge in [-0.15, -0.1) is 11.8 Å². The Morgan fingerprint density at radius 1 is 1.12 bits per heavy atom. The number of hydrogen-bond acceptors (Lipinski definition) is 5. The standard InChI is InChI=1S/C19H27N3O3S/c1-14(2)18(23)22-13-26-12-17(22)19(24)21-10-8-20(9-11-21)15-4-6-16(25-3)7-5-15/h4-7,14,17H,8-13H2,1-3H3. The third kappa shape index (κ3) is 3.92. The zero-order valence-corrected chi connectivity index (χ0v) is 16.5. The van der Waals surface area contributed by atoms with Crippen molar-refractivity contribution >= 4 is 29.3 Å². The highest BCUT2D eigenvalue weighted by Crippen LogP contribution is 2.26. The summed E-state index contributed by atoms with van der Waals surface area (Å²) in [5, 5.41) is 0. The molecule has 2 fully saturated rings. The zero-order chi connectivity index (χ0) is 18.7. The van der Waals surface area contributed by atoms with E-state index in [9.17, 15) is 9.59 Å². The largest absolute Gasteiger partial charge is 0.497 e. The molecule has 1 atom stereocenters. The van der Waals surface area contributed by atoms with Gasteiger partial charge < -0.3 is 19.4 Å². The van der Waals surface area contributed by atoms with E-state index in [0.717, 1.165) is 24.5 Å². The van der Waals surface area contributed by atoms with Crippen LogP contribution in [-0.2, 0) is 9.59 Å². The highest BCUT2D eigenvalue weighted by Gasteiger charge is 2.38. The van der Waals surface area contributed by atoms with Crippen molar-refractivity contribution in [3.8, 4) is 5.75 Å². The van der Waals surface area contributed by atoms with Gasteiger partial charge in [-0.1, -0.05) is 13.8 Å². The van der Waals surface area contributed by atoms with Gasteiger partial charge in [-0.3, -0.25) is 9.59 Å². The number of rotatable bonds is 4. The summed E-state index contributed by atoms with van der Waals surface area (Å²) in [5.41, 5.74) is 1.14. The van der Waals surface area contributed by atoms with Gasteiger partial charge in [0.05, 0.1) is 13.0 Å². The van der Waals surface area contributed by atoms with Crippen LogP contribution < -0.4 is 9.64 Å². The molecule has 2 heterocycles. The molecule has 3 rings (SSSR count). The minimum Gasteiger partial charge on any atom is -0.497 e. The molecule has 142 valence electrons. The molecule has 26 heavy (non-hydrogen) atoms. The Hall–Kier alpha value is -1.89. The quantitative estimate of drug-likeness (QED) is 0.802. The molecule has 0 bridgehead atoms. The van der Waals surface area contributed by atoms with E-state index >= 15 is 0 Å². The lowest BCUT2D eigenvalue weighted by atomic mass is 10.1. The van der Waals surface area contributed by atoms with E-state index in [1.54, 1.807) is 23.8 Å². The Morgan fingerprint density at radius 2 is 1.77 bits per heavy atom. The third-order valence-electron chi connectivity index (χ3n) is 4.97. The van der Waals surface area contributed by atoms with Crippen molar-refractivity contribution in [1.29, 1.82) is 0 Å². The lowest BCUT2D eigenvalue weighted by Crippen LogP contribution is -2.55. The molecule has 2 aliphatic rings. The number of ether oxygens (including phenoxy) is 1. The first-order chi connectivity index (χ1) is 12.5. The van der Waals surface area contributed by atoms with Crippen molar-refractivity contribution in [2.75, 3.05) is 49.8 Å². The molecule has 1 aromatic rings. The third-order valence-corrected chi connectivity index (χ3v) is 5.99. The molecule has 0 radical (unpaired) electrons. The van der Waals surface area contributed by atoms with Crippen LogP contribution in [0.3, 0.4) is 0 Å². The summed E-state index contributed by atoms with van der Waals surface area (Å²) >= 11 is 1.66. The molecule has 6 nitrogen and oxygen atoms in total.